The summed E-state index contributed by atoms with van der Waals surface area (Å²) >= 11 is 6.01. The number of nitrogens with zero attached hydrogens (tertiary/aromatic N) is 3. The zero-order valence-corrected chi connectivity index (χ0v) is 16.0. The first-order valence-electron chi connectivity index (χ1n) is 9.01. The minimum absolute atomic E-state index is 0.0644. The van der Waals surface area contributed by atoms with Crippen molar-refractivity contribution in [3.63, 3.8) is 0 Å². The Bertz CT molecular complexity index is 802. The lowest BCUT2D eigenvalue weighted by Gasteiger charge is -2.25. The van der Waals surface area contributed by atoms with Crippen LogP contribution >= 0.6 is 11.6 Å². The van der Waals surface area contributed by atoms with Crippen LogP contribution in [0.5, 0.6) is 0 Å². The number of nitrogens with one attached hydrogen (secondary N) is 1. The largest absolute Gasteiger partial charge is 0.360 e. The van der Waals surface area contributed by atoms with Gasteiger partial charge in [0.25, 0.3) is 5.91 Å². The molecule has 2 aromatic rings. The van der Waals surface area contributed by atoms with Gasteiger partial charge in [-0.3, -0.25) is 9.59 Å². The zero-order valence-electron chi connectivity index (χ0n) is 15.3. The minimum Gasteiger partial charge on any atom is -0.360 e. The summed E-state index contributed by atoms with van der Waals surface area (Å²) in [6, 6.07) is 8.39. The highest BCUT2D eigenvalue weighted by atomic mass is 35.5. The van der Waals surface area contributed by atoms with E-state index in [4.69, 9.17) is 16.1 Å². The molecule has 3 rings (SSSR count). The van der Waals surface area contributed by atoms with Crippen LogP contribution in [0.3, 0.4) is 0 Å². The van der Waals surface area contributed by atoms with Gasteiger partial charge in [0.15, 0.2) is 5.82 Å². The smallest absolute Gasteiger partial charge is 0.254 e. The van der Waals surface area contributed by atoms with E-state index in [-0.39, 0.29) is 18.4 Å². The molecule has 8 heteroatoms. The molecule has 0 atom stereocenters. The molecule has 0 spiro atoms. The predicted molar refractivity (Wildman–Crippen MR) is 103 cm³/mol. The number of likely N-dealkylation sites (tertiary alicyclic amines) is 1. The van der Waals surface area contributed by atoms with Gasteiger partial charge in [-0.2, -0.15) is 0 Å². The van der Waals surface area contributed by atoms with Crippen molar-refractivity contribution in [1.29, 1.82) is 0 Å². The Kier molecular flexibility index (Phi) is 6.47. The molecule has 0 saturated carbocycles. The molecule has 27 heavy (non-hydrogen) atoms. The maximum absolute atomic E-state index is 12.9. The van der Waals surface area contributed by atoms with Crippen LogP contribution in [-0.2, 0) is 4.79 Å². The first-order valence-corrected chi connectivity index (χ1v) is 9.39. The third-order valence-corrected chi connectivity index (χ3v) is 4.71. The van der Waals surface area contributed by atoms with Crippen LogP contribution in [-0.4, -0.2) is 59.5 Å². The van der Waals surface area contributed by atoms with E-state index in [1.54, 1.807) is 42.2 Å². The fraction of sp³-hybridized carbons (Fsp3) is 0.421. The van der Waals surface area contributed by atoms with Gasteiger partial charge in [-0.05, 0) is 51.1 Å². The molecule has 1 fully saturated rings. The molecule has 144 valence electrons. The summed E-state index contributed by atoms with van der Waals surface area (Å²) in [5, 5.41) is 6.90. The lowest BCUT2D eigenvalue weighted by molar-refractivity contribution is -0.117. The second-order valence-electron chi connectivity index (χ2n) is 6.66. The van der Waals surface area contributed by atoms with Gasteiger partial charge < -0.3 is 19.6 Å². The Morgan fingerprint density at radius 1 is 1.30 bits per heavy atom. The molecule has 0 bridgehead atoms. The highest BCUT2D eigenvalue weighted by molar-refractivity contribution is 6.31. The number of hydrogen-bond acceptors (Lipinski definition) is 5. The molecule has 1 aromatic heterocycles. The second kappa shape index (κ2) is 9.01. The van der Waals surface area contributed by atoms with Crippen molar-refractivity contribution in [2.75, 3.05) is 38.0 Å². The average Bonchev–Trinajstić information content (AvgIpc) is 3.29. The van der Waals surface area contributed by atoms with E-state index in [1.807, 2.05) is 0 Å². The number of amides is 2. The first-order chi connectivity index (χ1) is 13.0. The number of rotatable bonds is 7. The number of aromatic nitrogens is 1. The zero-order chi connectivity index (χ0) is 19.2. The van der Waals surface area contributed by atoms with Crippen molar-refractivity contribution in [1.82, 2.24) is 15.0 Å². The van der Waals surface area contributed by atoms with E-state index in [1.165, 1.54) is 12.8 Å². The summed E-state index contributed by atoms with van der Waals surface area (Å²) in [5.41, 5.74) is 0.467. The van der Waals surface area contributed by atoms with Crippen molar-refractivity contribution >= 4 is 29.2 Å². The summed E-state index contributed by atoms with van der Waals surface area (Å²) in [5.74, 6) is 0.404. The number of aryl methyl sites for hydroxylation is 1. The van der Waals surface area contributed by atoms with Crippen LogP contribution in [0, 0.1) is 6.92 Å². The van der Waals surface area contributed by atoms with Crippen molar-refractivity contribution in [3.8, 4) is 0 Å². The van der Waals surface area contributed by atoms with Crippen molar-refractivity contribution < 1.29 is 14.1 Å². The quantitative estimate of drug-likeness (QED) is 0.786. The number of hydrogen-bond donors (Lipinski definition) is 1. The molecule has 0 aliphatic carbocycles. The van der Waals surface area contributed by atoms with Crippen LogP contribution < -0.4 is 5.32 Å². The van der Waals surface area contributed by atoms with E-state index >= 15 is 0 Å². The Morgan fingerprint density at radius 3 is 2.74 bits per heavy atom. The molecule has 7 nitrogen and oxygen atoms in total. The maximum Gasteiger partial charge on any atom is 0.254 e. The summed E-state index contributed by atoms with van der Waals surface area (Å²) < 4.78 is 4.95. The van der Waals surface area contributed by atoms with E-state index < -0.39 is 0 Å². The average molecular weight is 391 g/mol. The lowest BCUT2D eigenvalue weighted by Crippen LogP contribution is -2.42. The standard InChI is InChI=1S/C19H23ClN4O3/c1-14-11-17(22-27-14)21-18(25)13-24(10-9-23-7-2-3-8-23)19(26)15-5-4-6-16(20)12-15/h4-6,11-12H,2-3,7-10,13H2,1H3,(H,21,22,25). The van der Waals surface area contributed by atoms with Crippen LogP contribution in [0.1, 0.15) is 29.0 Å². The topological polar surface area (TPSA) is 78.7 Å². The lowest BCUT2D eigenvalue weighted by atomic mass is 10.2. The van der Waals surface area contributed by atoms with E-state index in [2.05, 4.69) is 15.4 Å². The molecule has 1 saturated heterocycles. The second-order valence-corrected chi connectivity index (χ2v) is 7.09. The Balaban J connectivity index is 1.67. The number of benzene rings is 1. The van der Waals surface area contributed by atoms with Crippen molar-refractivity contribution in [2.24, 2.45) is 0 Å². The van der Waals surface area contributed by atoms with Gasteiger partial charge in [-0.15, -0.1) is 0 Å². The molecule has 2 heterocycles. The van der Waals surface area contributed by atoms with Crippen LogP contribution in [0.4, 0.5) is 5.82 Å². The van der Waals surface area contributed by atoms with Crippen LogP contribution in [0.25, 0.3) is 0 Å². The van der Waals surface area contributed by atoms with Crippen LogP contribution in [0.15, 0.2) is 34.9 Å². The summed E-state index contributed by atoms with van der Waals surface area (Å²) in [6.45, 7) is 4.95. The molecular weight excluding hydrogens is 368 g/mol. The SMILES string of the molecule is Cc1cc(NC(=O)CN(CCN2CCCC2)C(=O)c2cccc(Cl)c2)no1. The monoisotopic (exact) mass is 390 g/mol. The van der Waals surface area contributed by atoms with Gasteiger partial charge in [0.2, 0.25) is 5.91 Å². The Morgan fingerprint density at radius 2 is 2.07 bits per heavy atom. The normalized spacial score (nSPS) is 14.3. The molecular formula is C19H23ClN4O3. The number of halogens is 1. The fourth-order valence-corrected chi connectivity index (χ4v) is 3.30. The molecule has 1 aliphatic rings. The van der Waals surface area contributed by atoms with Gasteiger partial charge in [-0.25, -0.2) is 0 Å². The summed E-state index contributed by atoms with van der Waals surface area (Å²) in [7, 11) is 0. The first kappa shape index (κ1) is 19.4. The number of carbonyl (C=O) groups excluding carboxylic acids is 2. The molecule has 1 aliphatic heterocycles. The van der Waals surface area contributed by atoms with Gasteiger partial charge in [0.1, 0.15) is 12.3 Å². The third kappa shape index (κ3) is 5.55. The molecule has 1 aromatic carbocycles. The fourth-order valence-electron chi connectivity index (χ4n) is 3.11. The van der Waals surface area contributed by atoms with Crippen molar-refractivity contribution in [2.45, 2.75) is 19.8 Å². The molecule has 0 unspecified atom stereocenters. The third-order valence-electron chi connectivity index (χ3n) is 4.47. The van der Waals surface area contributed by atoms with Crippen LogP contribution in [0.2, 0.25) is 5.02 Å². The minimum atomic E-state index is -0.319. The summed E-state index contributed by atoms with van der Waals surface area (Å²) in [4.78, 5) is 29.2. The van der Waals surface area contributed by atoms with Crippen molar-refractivity contribution in [3.05, 3.63) is 46.7 Å². The van der Waals surface area contributed by atoms with Gasteiger partial charge in [0, 0.05) is 29.7 Å². The maximum atomic E-state index is 12.9. The van der Waals surface area contributed by atoms with Gasteiger partial charge >= 0.3 is 0 Å². The number of carbonyl (C=O) groups is 2. The Labute approximate surface area is 163 Å². The highest BCUT2D eigenvalue weighted by Crippen LogP contribution is 2.14. The van der Waals surface area contributed by atoms with Gasteiger partial charge in [0.05, 0.1) is 0 Å². The highest BCUT2D eigenvalue weighted by Gasteiger charge is 2.21. The number of anilines is 1. The Hall–Kier alpha value is -2.38. The van der Waals surface area contributed by atoms with E-state index in [9.17, 15) is 9.59 Å². The predicted octanol–water partition coefficient (Wildman–Crippen LogP) is 2.81. The summed E-state index contributed by atoms with van der Waals surface area (Å²) in [6.07, 6.45) is 2.35. The van der Waals surface area contributed by atoms with E-state index in [0.29, 0.717) is 28.7 Å². The molecule has 2 amide bonds. The van der Waals surface area contributed by atoms with Gasteiger partial charge in [-0.1, -0.05) is 22.8 Å². The molecule has 0 radical (unpaired) electrons. The van der Waals surface area contributed by atoms with E-state index in [0.717, 1.165) is 19.6 Å². The molecule has 1 N–H and O–H groups in total.